The van der Waals surface area contributed by atoms with Gasteiger partial charge in [-0.05, 0) is 53.7 Å². The van der Waals surface area contributed by atoms with Crippen molar-refractivity contribution in [1.82, 2.24) is 9.88 Å². The van der Waals surface area contributed by atoms with Crippen LogP contribution in [0.4, 0.5) is 5.82 Å². The molecule has 0 aromatic carbocycles. The van der Waals surface area contributed by atoms with Crippen molar-refractivity contribution in [3.05, 3.63) is 77.0 Å². The number of hydrogen-bond acceptors (Lipinski definition) is 3. The van der Waals surface area contributed by atoms with E-state index in [9.17, 15) is 9.59 Å². The van der Waals surface area contributed by atoms with Crippen LogP contribution in [-0.4, -0.2) is 34.8 Å². The monoisotopic (exact) mass is 409 g/mol. The smallest absolute Gasteiger partial charge is 0.246 e. The van der Waals surface area contributed by atoms with E-state index in [2.05, 4.69) is 29.5 Å². The summed E-state index contributed by atoms with van der Waals surface area (Å²) in [5.74, 6) is 0.561. The molecule has 0 spiro atoms. The van der Waals surface area contributed by atoms with Gasteiger partial charge in [0.25, 0.3) is 0 Å². The van der Waals surface area contributed by atoms with Gasteiger partial charge < -0.3 is 10.2 Å². The number of carbonyl (C=O) groups excluding carboxylic acids is 2. The van der Waals surface area contributed by atoms with Crippen molar-refractivity contribution in [3.8, 4) is 0 Å². The zero-order valence-corrected chi connectivity index (χ0v) is 17.0. The van der Waals surface area contributed by atoms with Gasteiger partial charge in [-0.1, -0.05) is 43.0 Å². The molecular formula is C23H24ClN3O2. The summed E-state index contributed by atoms with van der Waals surface area (Å²) in [4.78, 5) is 30.2. The fourth-order valence-corrected chi connectivity index (χ4v) is 3.64. The molecule has 0 saturated carbocycles. The van der Waals surface area contributed by atoms with E-state index in [1.54, 1.807) is 24.4 Å². The van der Waals surface area contributed by atoms with E-state index in [0.29, 0.717) is 43.2 Å². The number of pyridine rings is 1. The van der Waals surface area contributed by atoms with Crippen LogP contribution in [0.25, 0.3) is 6.08 Å². The summed E-state index contributed by atoms with van der Waals surface area (Å²) < 4.78 is 0. The van der Waals surface area contributed by atoms with Gasteiger partial charge in [0.1, 0.15) is 5.82 Å². The van der Waals surface area contributed by atoms with Gasteiger partial charge in [0.15, 0.2) is 0 Å². The lowest BCUT2D eigenvalue weighted by molar-refractivity contribution is -0.125. The van der Waals surface area contributed by atoms with E-state index in [0.717, 1.165) is 28.7 Å². The fourth-order valence-electron chi connectivity index (χ4n) is 3.46. The number of fused-ring (bicyclic) bond motifs is 1. The topological polar surface area (TPSA) is 62.3 Å². The Morgan fingerprint density at radius 3 is 2.86 bits per heavy atom. The van der Waals surface area contributed by atoms with E-state index < -0.39 is 0 Å². The second-order valence-electron chi connectivity index (χ2n) is 6.97. The molecule has 29 heavy (non-hydrogen) atoms. The molecule has 0 unspecified atom stereocenters. The second-order valence-corrected chi connectivity index (χ2v) is 7.43. The van der Waals surface area contributed by atoms with E-state index in [4.69, 9.17) is 11.6 Å². The number of aryl methyl sites for hydroxylation is 1. The molecule has 0 atom stereocenters. The van der Waals surface area contributed by atoms with E-state index >= 15 is 0 Å². The first-order valence-corrected chi connectivity index (χ1v) is 9.98. The van der Waals surface area contributed by atoms with Gasteiger partial charge in [0.05, 0.1) is 0 Å². The van der Waals surface area contributed by atoms with Gasteiger partial charge >= 0.3 is 0 Å². The summed E-state index contributed by atoms with van der Waals surface area (Å²) in [6.45, 7) is 8.81. The fraction of sp³-hybridized carbons (Fsp3) is 0.261. The van der Waals surface area contributed by atoms with Crippen molar-refractivity contribution in [1.29, 1.82) is 0 Å². The number of amides is 2. The summed E-state index contributed by atoms with van der Waals surface area (Å²) in [7, 11) is 0. The Labute approximate surface area is 176 Å². The molecular weight excluding hydrogens is 386 g/mol. The highest BCUT2D eigenvalue weighted by Gasteiger charge is 2.18. The SMILES string of the molecule is C=C/C=C(\C(=C)Cl)C1=CCCN(C(=O)/C=C/c2cnc3c(c2)CCC(=O)N3)CC1. The number of anilines is 1. The van der Waals surface area contributed by atoms with Crippen LogP contribution in [-0.2, 0) is 16.0 Å². The third-order valence-electron chi connectivity index (χ3n) is 4.96. The number of allylic oxidation sites excluding steroid dienone is 4. The van der Waals surface area contributed by atoms with Crippen LogP contribution in [0.1, 0.15) is 30.4 Å². The molecule has 0 aliphatic carbocycles. The number of halogens is 1. The van der Waals surface area contributed by atoms with E-state index in [-0.39, 0.29) is 11.8 Å². The highest BCUT2D eigenvalue weighted by molar-refractivity contribution is 6.32. The van der Waals surface area contributed by atoms with Crippen molar-refractivity contribution < 1.29 is 9.59 Å². The highest BCUT2D eigenvalue weighted by Crippen LogP contribution is 2.27. The van der Waals surface area contributed by atoms with Crippen LogP contribution in [0.15, 0.2) is 65.9 Å². The van der Waals surface area contributed by atoms with Crippen molar-refractivity contribution >= 4 is 35.3 Å². The largest absolute Gasteiger partial charge is 0.339 e. The first kappa shape index (κ1) is 20.8. The number of hydrogen-bond donors (Lipinski definition) is 1. The van der Waals surface area contributed by atoms with Crippen LogP contribution in [0.5, 0.6) is 0 Å². The zero-order chi connectivity index (χ0) is 20.8. The minimum absolute atomic E-state index is 0.0125. The van der Waals surface area contributed by atoms with Crippen molar-refractivity contribution in [3.63, 3.8) is 0 Å². The standard InChI is InChI=1S/C23H24ClN3O2/c1-3-5-20(16(2)24)18-6-4-12-27(13-11-18)22(29)10-7-17-14-19-8-9-21(28)26-23(19)25-15-17/h3,5-7,10,14-15H,1-2,4,8-9,11-13H2,(H,25,26,28)/b10-7+,20-5+. The minimum Gasteiger partial charge on any atom is -0.339 e. The molecule has 2 aliphatic heterocycles. The molecule has 150 valence electrons. The molecule has 1 N–H and O–H groups in total. The quantitative estimate of drug-likeness (QED) is 0.579. The lowest BCUT2D eigenvalue weighted by Gasteiger charge is -2.19. The Hall–Kier alpha value is -2.92. The van der Waals surface area contributed by atoms with Crippen LogP contribution < -0.4 is 5.32 Å². The Balaban J connectivity index is 1.63. The van der Waals surface area contributed by atoms with E-state index in [1.165, 1.54) is 0 Å². The number of nitrogens with zero attached hydrogens (tertiary/aromatic N) is 2. The third kappa shape index (κ3) is 5.33. The summed E-state index contributed by atoms with van der Waals surface area (Å²) in [5, 5.41) is 3.24. The average Bonchev–Trinajstić information content (AvgIpc) is 2.96. The summed E-state index contributed by atoms with van der Waals surface area (Å²) >= 11 is 6.11. The summed E-state index contributed by atoms with van der Waals surface area (Å²) in [6, 6.07) is 1.96. The Kier molecular flexibility index (Phi) is 6.83. The Morgan fingerprint density at radius 1 is 1.28 bits per heavy atom. The number of rotatable bonds is 5. The molecule has 1 aromatic heterocycles. The Bertz CT molecular complexity index is 943. The molecule has 5 nitrogen and oxygen atoms in total. The Morgan fingerprint density at radius 2 is 2.10 bits per heavy atom. The van der Waals surface area contributed by atoms with E-state index in [1.807, 2.05) is 17.0 Å². The maximum absolute atomic E-state index is 12.7. The summed E-state index contributed by atoms with van der Waals surface area (Å²) in [6.07, 6.45) is 13.3. The van der Waals surface area contributed by atoms with Crippen molar-refractivity contribution in [2.75, 3.05) is 18.4 Å². The predicted molar refractivity (Wildman–Crippen MR) is 117 cm³/mol. The summed E-state index contributed by atoms with van der Waals surface area (Å²) in [5.41, 5.74) is 3.80. The zero-order valence-electron chi connectivity index (χ0n) is 16.3. The number of aromatic nitrogens is 1. The molecule has 0 saturated heterocycles. The van der Waals surface area contributed by atoms with Crippen LogP contribution in [0.3, 0.4) is 0 Å². The van der Waals surface area contributed by atoms with Crippen LogP contribution in [0.2, 0.25) is 0 Å². The number of nitrogens with one attached hydrogen (secondary N) is 1. The molecule has 0 radical (unpaired) electrons. The normalized spacial score (nSPS) is 17.3. The second kappa shape index (κ2) is 9.52. The minimum atomic E-state index is -0.0374. The molecule has 3 rings (SSSR count). The molecule has 0 bridgehead atoms. The first-order chi connectivity index (χ1) is 14.0. The lowest BCUT2D eigenvalue weighted by Crippen LogP contribution is -2.30. The molecule has 3 heterocycles. The average molecular weight is 410 g/mol. The molecule has 6 heteroatoms. The maximum Gasteiger partial charge on any atom is 0.246 e. The highest BCUT2D eigenvalue weighted by atomic mass is 35.5. The molecule has 1 aromatic rings. The van der Waals surface area contributed by atoms with Gasteiger partial charge in [-0.3, -0.25) is 9.59 Å². The van der Waals surface area contributed by atoms with Crippen LogP contribution >= 0.6 is 11.6 Å². The van der Waals surface area contributed by atoms with Crippen LogP contribution in [0, 0.1) is 0 Å². The molecule has 2 amide bonds. The van der Waals surface area contributed by atoms with Gasteiger partial charge in [-0.25, -0.2) is 4.98 Å². The molecule has 0 fully saturated rings. The van der Waals surface area contributed by atoms with Gasteiger partial charge in [-0.15, -0.1) is 0 Å². The van der Waals surface area contributed by atoms with Gasteiger partial charge in [0, 0.05) is 36.8 Å². The molecule has 2 aliphatic rings. The van der Waals surface area contributed by atoms with Gasteiger partial charge in [0.2, 0.25) is 11.8 Å². The maximum atomic E-state index is 12.7. The lowest BCUT2D eigenvalue weighted by atomic mass is 10.0. The van der Waals surface area contributed by atoms with Gasteiger partial charge in [-0.2, -0.15) is 0 Å². The predicted octanol–water partition coefficient (Wildman–Crippen LogP) is 4.39. The third-order valence-corrected chi connectivity index (χ3v) is 5.16. The first-order valence-electron chi connectivity index (χ1n) is 9.60. The number of carbonyl (C=O) groups is 2. The van der Waals surface area contributed by atoms with Crippen molar-refractivity contribution in [2.24, 2.45) is 0 Å². The van der Waals surface area contributed by atoms with Crippen molar-refractivity contribution in [2.45, 2.75) is 25.7 Å².